The fraction of sp³-hybridized carbons (Fsp3) is 0.400. The van der Waals surface area contributed by atoms with Crippen molar-refractivity contribution in [2.75, 3.05) is 16.8 Å². The van der Waals surface area contributed by atoms with E-state index in [1.165, 1.54) is 12.2 Å². The van der Waals surface area contributed by atoms with Crippen LogP contribution in [0.15, 0.2) is 23.2 Å². The predicted octanol–water partition coefficient (Wildman–Crippen LogP) is 2.41. The molecule has 1 aliphatic rings. The highest BCUT2D eigenvalue weighted by Gasteiger charge is 2.17. The lowest BCUT2D eigenvalue weighted by Gasteiger charge is -2.12. The number of imidazole rings is 1. The van der Waals surface area contributed by atoms with Crippen molar-refractivity contribution in [1.29, 1.82) is 0 Å². The van der Waals surface area contributed by atoms with E-state index in [0.717, 1.165) is 21.8 Å². The number of nitrogens with one attached hydrogen (secondary N) is 1. The highest BCUT2D eigenvalue weighted by atomic mass is 79.9. The maximum absolute atomic E-state index is 4.45. The average Bonchev–Trinajstić information content (AvgIpc) is 2.87. The summed E-state index contributed by atoms with van der Waals surface area (Å²) in [4.78, 5) is 8.76. The molecule has 0 spiro atoms. The number of halogens is 1. The molecule has 84 valence electrons. The van der Waals surface area contributed by atoms with Gasteiger partial charge in [0.2, 0.25) is 0 Å². The lowest BCUT2D eigenvalue weighted by Crippen LogP contribution is -2.19. The second-order valence-electron chi connectivity index (χ2n) is 3.78. The first-order chi connectivity index (χ1) is 7.83. The Morgan fingerprint density at radius 3 is 3.31 bits per heavy atom. The Hall–Kier alpha value is -0.750. The lowest BCUT2D eigenvalue weighted by molar-refractivity contribution is 0.805. The molecule has 0 bridgehead atoms. The molecule has 3 heterocycles. The molecule has 0 aromatic carbocycles. The van der Waals surface area contributed by atoms with Crippen LogP contribution in [0.1, 0.15) is 6.42 Å². The Morgan fingerprint density at radius 2 is 2.50 bits per heavy atom. The molecule has 1 unspecified atom stereocenters. The number of anilines is 1. The molecule has 16 heavy (non-hydrogen) atoms. The molecule has 4 nitrogen and oxygen atoms in total. The largest absolute Gasteiger partial charge is 0.363 e. The zero-order valence-electron chi connectivity index (χ0n) is 8.56. The van der Waals surface area contributed by atoms with Gasteiger partial charge in [0.15, 0.2) is 11.5 Å². The number of aromatic nitrogens is 3. The third kappa shape index (κ3) is 1.91. The number of thioether (sulfide) groups is 1. The first-order valence-corrected chi connectivity index (χ1v) is 7.11. The van der Waals surface area contributed by atoms with E-state index in [1.807, 2.05) is 28.6 Å². The zero-order valence-corrected chi connectivity index (χ0v) is 11.0. The maximum Gasteiger partial charge on any atom is 0.180 e. The van der Waals surface area contributed by atoms with Gasteiger partial charge in [0, 0.05) is 30.4 Å². The molecule has 0 amide bonds. The Labute approximate surface area is 106 Å². The van der Waals surface area contributed by atoms with E-state index in [9.17, 15) is 0 Å². The quantitative estimate of drug-likeness (QED) is 0.924. The molecule has 1 N–H and O–H groups in total. The summed E-state index contributed by atoms with van der Waals surface area (Å²) in [5.74, 6) is 3.25. The third-order valence-electron chi connectivity index (χ3n) is 2.62. The Kier molecular flexibility index (Phi) is 2.77. The molecule has 1 atom stereocenters. The molecule has 3 rings (SSSR count). The topological polar surface area (TPSA) is 42.2 Å². The Balaban J connectivity index is 1.97. The average molecular weight is 299 g/mol. The first-order valence-electron chi connectivity index (χ1n) is 5.16. The van der Waals surface area contributed by atoms with Gasteiger partial charge in [0.05, 0.1) is 0 Å². The molecule has 6 heteroatoms. The summed E-state index contributed by atoms with van der Waals surface area (Å²) in [6.45, 7) is 0. The summed E-state index contributed by atoms with van der Waals surface area (Å²) in [6.07, 6.45) is 6.83. The van der Waals surface area contributed by atoms with Crippen LogP contribution in [0.2, 0.25) is 0 Å². The van der Waals surface area contributed by atoms with E-state index in [-0.39, 0.29) is 0 Å². The van der Waals surface area contributed by atoms with Crippen LogP contribution in [0.4, 0.5) is 5.82 Å². The van der Waals surface area contributed by atoms with Gasteiger partial charge in [-0.05, 0) is 28.1 Å². The van der Waals surface area contributed by atoms with Gasteiger partial charge < -0.3 is 9.72 Å². The van der Waals surface area contributed by atoms with Gasteiger partial charge in [-0.2, -0.15) is 11.8 Å². The summed E-state index contributed by atoms with van der Waals surface area (Å²) in [5.41, 5.74) is 0.889. The van der Waals surface area contributed by atoms with Crippen molar-refractivity contribution in [1.82, 2.24) is 14.4 Å². The number of hydrogen-bond acceptors (Lipinski definition) is 4. The number of rotatable bonds is 2. The molecule has 1 saturated heterocycles. The summed E-state index contributed by atoms with van der Waals surface area (Å²) in [5, 5.41) is 3.47. The van der Waals surface area contributed by atoms with Crippen molar-refractivity contribution in [3.05, 3.63) is 23.2 Å². The molecular weight excluding hydrogens is 288 g/mol. The normalized spacial score (nSPS) is 20.4. The van der Waals surface area contributed by atoms with Crippen LogP contribution in [0.25, 0.3) is 5.65 Å². The van der Waals surface area contributed by atoms with E-state index < -0.39 is 0 Å². The van der Waals surface area contributed by atoms with Crippen LogP contribution in [-0.4, -0.2) is 31.9 Å². The van der Waals surface area contributed by atoms with Crippen molar-refractivity contribution in [2.24, 2.45) is 0 Å². The van der Waals surface area contributed by atoms with Crippen LogP contribution in [0, 0.1) is 0 Å². The Morgan fingerprint density at radius 1 is 1.56 bits per heavy atom. The van der Waals surface area contributed by atoms with Crippen molar-refractivity contribution >= 4 is 39.2 Å². The van der Waals surface area contributed by atoms with Gasteiger partial charge in [-0.15, -0.1) is 0 Å². The van der Waals surface area contributed by atoms with E-state index in [1.54, 1.807) is 6.20 Å². The highest BCUT2D eigenvalue weighted by molar-refractivity contribution is 9.10. The van der Waals surface area contributed by atoms with Gasteiger partial charge >= 0.3 is 0 Å². The van der Waals surface area contributed by atoms with Crippen molar-refractivity contribution in [3.8, 4) is 0 Å². The van der Waals surface area contributed by atoms with E-state index in [4.69, 9.17) is 0 Å². The van der Waals surface area contributed by atoms with Gasteiger partial charge in [-0.25, -0.2) is 9.97 Å². The van der Waals surface area contributed by atoms with E-state index in [0.29, 0.717) is 6.04 Å². The molecule has 0 saturated carbocycles. The molecule has 1 fully saturated rings. The SMILES string of the molecule is Brc1cn2ccnc2c(NC2CCSC2)n1. The molecule has 0 aliphatic carbocycles. The van der Waals surface area contributed by atoms with Gasteiger partial charge in [-0.1, -0.05) is 0 Å². The Bertz CT molecular complexity index is 506. The van der Waals surface area contributed by atoms with Gasteiger partial charge in [0.1, 0.15) is 4.60 Å². The summed E-state index contributed by atoms with van der Waals surface area (Å²) in [6, 6.07) is 0.521. The second-order valence-corrected chi connectivity index (χ2v) is 5.74. The minimum absolute atomic E-state index is 0.521. The number of hydrogen-bond donors (Lipinski definition) is 1. The monoisotopic (exact) mass is 298 g/mol. The highest BCUT2D eigenvalue weighted by Crippen LogP contribution is 2.23. The second kappa shape index (κ2) is 4.25. The molecule has 0 radical (unpaired) electrons. The minimum atomic E-state index is 0.521. The van der Waals surface area contributed by atoms with Crippen molar-refractivity contribution < 1.29 is 0 Å². The summed E-state index contributed by atoms with van der Waals surface area (Å²) >= 11 is 5.40. The molecule has 2 aromatic heterocycles. The predicted molar refractivity (Wildman–Crippen MR) is 70.0 cm³/mol. The zero-order chi connectivity index (χ0) is 11.0. The fourth-order valence-corrected chi connectivity index (χ4v) is 3.39. The lowest BCUT2D eigenvalue weighted by atomic mass is 10.2. The number of fused-ring (bicyclic) bond motifs is 1. The van der Waals surface area contributed by atoms with Crippen molar-refractivity contribution in [3.63, 3.8) is 0 Å². The van der Waals surface area contributed by atoms with E-state index >= 15 is 0 Å². The third-order valence-corrected chi connectivity index (χ3v) is 4.16. The van der Waals surface area contributed by atoms with Gasteiger partial charge in [0.25, 0.3) is 0 Å². The molecule has 1 aliphatic heterocycles. The smallest absolute Gasteiger partial charge is 0.180 e. The summed E-state index contributed by atoms with van der Waals surface area (Å²) in [7, 11) is 0. The first kappa shape index (κ1) is 10.4. The van der Waals surface area contributed by atoms with Crippen LogP contribution in [0.5, 0.6) is 0 Å². The van der Waals surface area contributed by atoms with Crippen LogP contribution in [-0.2, 0) is 0 Å². The maximum atomic E-state index is 4.45. The van der Waals surface area contributed by atoms with Crippen LogP contribution < -0.4 is 5.32 Å². The van der Waals surface area contributed by atoms with Crippen molar-refractivity contribution in [2.45, 2.75) is 12.5 Å². The van der Waals surface area contributed by atoms with Crippen LogP contribution >= 0.6 is 27.7 Å². The number of nitrogens with zero attached hydrogens (tertiary/aromatic N) is 3. The minimum Gasteiger partial charge on any atom is -0.363 e. The fourth-order valence-electron chi connectivity index (χ4n) is 1.84. The van der Waals surface area contributed by atoms with Gasteiger partial charge in [-0.3, -0.25) is 0 Å². The standard InChI is InChI=1S/C10H11BrN4S/c11-8-5-15-3-2-12-10(15)9(14-8)13-7-1-4-16-6-7/h2-3,5,7H,1,4,6H2,(H,13,14). The van der Waals surface area contributed by atoms with E-state index in [2.05, 4.69) is 31.2 Å². The molecule has 2 aromatic rings. The summed E-state index contributed by atoms with van der Waals surface area (Å²) < 4.78 is 2.80. The molecular formula is C10H11BrN4S. The van der Waals surface area contributed by atoms with Crippen LogP contribution in [0.3, 0.4) is 0 Å².